The van der Waals surface area contributed by atoms with E-state index in [-0.39, 0.29) is 12.8 Å². The van der Waals surface area contributed by atoms with Crippen molar-refractivity contribution in [1.82, 2.24) is 0 Å². The van der Waals surface area contributed by atoms with Crippen molar-refractivity contribution in [3.8, 4) is 0 Å². The Kier molecular flexibility index (Phi) is 4.23. The number of Topliss-reactive ketones (excluding diaryl/α,β-unsaturated/α-hetero) is 1. The summed E-state index contributed by atoms with van der Waals surface area (Å²) < 4.78 is 0. The van der Waals surface area contributed by atoms with Crippen molar-refractivity contribution in [3.63, 3.8) is 0 Å². The van der Waals surface area contributed by atoms with E-state index < -0.39 is 16.3 Å². The van der Waals surface area contributed by atoms with Crippen LogP contribution in [0.3, 0.4) is 0 Å². The minimum atomic E-state index is -1.06. The summed E-state index contributed by atoms with van der Waals surface area (Å²) in [6.07, 6.45) is -0.344. The molecule has 0 aromatic carbocycles. The average molecular weight is 183 g/mol. The molecule has 0 unspecified atom stereocenters. The third-order valence-electron chi connectivity index (χ3n) is 0.768. The van der Waals surface area contributed by atoms with Gasteiger partial charge in [0.25, 0.3) is 5.24 Å². The molecule has 10 heavy (non-hydrogen) atoms. The number of carbonyl (C=O) groups is 3. The minimum absolute atomic E-state index is 0.140. The zero-order chi connectivity index (χ0) is 8.15. The molecule has 0 aromatic rings. The zero-order valence-corrected chi connectivity index (χ0v) is 6.41. The maximum absolute atomic E-state index is 10.4. The second-order valence-electron chi connectivity index (χ2n) is 1.55. The van der Waals surface area contributed by atoms with Crippen LogP contribution in [0.1, 0.15) is 12.8 Å². The number of hydrogen-bond donors (Lipinski definition) is 0. The lowest BCUT2D eigenvalue weighted by atomic mass is 10.2. The molecule has 0 radical (unpaired) electrons. The molecular formula is C5H4Cl2O3. The lowest BCUT2D eigenvalue weighted by Gasteiger charge is -1.87. The molecule has 0 aliphatic rings. The standard InChI is InChI=1S/C5H4Cl2O3/c6-4(9)2-1-3(8)5(7)10/h1-2H2. The summed E-state index contributed by atoms with van der Waals surface area (Å²) in [4.78, 5) is 30.4. The smallest absolute Gasteiger partial charge is 0.288 e. The highest BCUT2D eigenvalue weighted by molar-refractivity contribution is 6.81. The van der Waals surface area contributed by atoms with Crippen LogP contribution >= 0.6 is 23.2 Å². The van der Waals surface area contributed by atoms with Crippen LogP contribution in [0.4, 0.5) is 0 Å². The summed E-state index contributed by atoms with van der Waals surface area (Å²) in [5, 5.41) is -1.70. The molecule has 0 atom stereocenters. The Bertz CT molecular complexity index is 176. The molecule has 56 valence electrons. The summed E-state index contributed by atoms with van der Waals surface area (Å²) in [5.41, 5.74) is 0. The Labute approximate surface area is 67.3 Å². The first-order valence-electron chi connectivity index (χ1n) is 2.45. The molecule has 0 fully saturated rings. The van der Waals surface area contributed by atoms with Gasteiger partial charge >= 0.3 is 0 Å². The predicted octanol–water partition coefficient (Wildman–Crippen LogP) is 0.866. The average Bonchev–Trinajstić information content (AvgIpc) is 1.82. The fourth-order valence-electron chi connectivity index (χ4n) is 0.310. The van der Waals surface area contributed by atoms with Crippen molar-refractivity contribution >= 4 is 39.5 Å². The van der Waals surface area contributed by atoms with Gasteiger partial charge in [0.05, 0.1) is 0 Å². The van der Waals surface area contributed by atoms with Crippen LogP contribution < -0.4 is 0 Å². The highest BCUT2D eigenvalue weighted by Crippen LogP contribution is 1.97. The van der Waals surface area contributed by atoms with Crippen molar-refractivity contribution < 1.29 is 14.4 Å². The third kappa shape index (κ3) is 4.47. The van der Waals surface area contributed by atoms with Crippen LogP contribution in [0.25, 0.3) is 0 Å². The Morgan fingerprint density at radius 2 is 1.50 bits per heavy atom. The molecular weight excluding hydrogens is 179 g/mol. The largest absolute Gasteiger partial charge is 0.289 e. The van der Waals surface area contributed by atoms with Gasteiger partial charge in [0, 0.05) is 12.8 Å². The highest BCUT2D eigenvalue weighted by atomic mass is 35.5. The van der Waals surface area contributed by atoms with E-state index in [4.69, 9.17) is 23.2 Å². The molecule has 0 N–H and O–H groups in total. The van der Waals surface area contributed by atoms with Crippen molar-refractivity contribution in [2.45, 2.75) is 12.8 Å². The van der Waals surface area contributed by atoms with Crippen molar-refractivity contribution in [2.75, 3.05) is 0 Å². The maximum atomic E-state index is 10.4. The maximum Gasteiger partial charge on any atom is 0.288 e. The van der Waals surface area contributed by atoms with Gasteiger partial charge in [-0.15, -0.1) is 0 Å². The van der Waals surface area contributed by atoms with Gasteiger partial charge in [-0.2, -0.15) is 0 Å². The molecule has 0 bridgehead atoms. The van der Waals surface area contributed by atoms with E-state index in [0.717, 1.165) is 0 Å². The Morgan fingerprint density at radius 3 is 1.80 bits per heavy atom. The van der Waals surface area contributed by atoms with Gasteiger partial charge in [0.1, 0.15) is 0 Å². The molecule has 0 rings (SSSR count). The van der Waals surface area contributed by atoms with Crippen LogP contribution in [0.15, 0.2) is 0 Å². The summed E-state index contributed by atoms with van der Waals surface area (Å²) in [5.74, 6) is -0.782. The van der Waals surface area contributed by atoms with Crippen LogP contribution in [-0.4, -0.2) is 16.3 Å². The number of halogens is 2. The van der Waals surface area contributed by atoms with Gasteiger partial charge in [0.2, 0.25) is 11.0 Å². The lowest BCUT2D eigenvalue weighted by Crippen LogP contribution is -2.07. The van der Waals surface area contributed by atoms with E-state index in [9.17, 15) is 14.4 Å². The van der Waals surface area contributed by atoms with Gasteiger partial charge in [0.15, 0.2) is 0 Å². The molecule has 0 amide bonds. The molecule has 0 aliphatic carbocycles. The molecule has 0 spiro atoms. The minimum Gasteiger partial charge on any atom is -0.289 e. The molecule has 0 heterocycles. The molecule has 3 nitrogen and oxygen atoms in total. The predicted molar refractivity (Wildman–Crippen MR) is 36.0 cm³/mol. The van der Waals surface area contributed by atoms with Gasteiger partial charge in [-0.25, -0.2) is 0 Å². The second kappa shape index (κ2) is 4.41. The second-order valence-corrected chi connectivity index (χ2v) is 2.32. The Morgan fingerprint density at radius 1 is 1.00 bits per heavy atom. The highest BCUT2D eigenvalue weighted by Gasteiger charge is 2.10. The van der Waals surface area contributed by atoms with Crippen LogP contribution in [-0.2, 0) is 14.4 Å². The topological polar surface area (TPSA) is 51.2 Å². The normalized spacial score (nSPS) is 9.00. The number of carbonyl (C=O) groups excluding carboxylic acids is 3. The lowest BCUT2D eigenvalue weighted by molar-refractivity contribution is -0.132. The van der Waals surface area contributed by atoms with Crippen molar-refractivity contribution in [2.24, 2.45) is 0 Å². The van der Waals surface area contributed by atoms with E-state index >= 15 is 0 Å². The molecule has 0 aromatic heterocycles. The fraction of sp³-hybridized carbons (Fsp3) is 0.400. The van der Waals surface area contributed by atoms with Crippen molar-refractivity contribution in [3.05, 3.63) is 0 Å². The first kappa shape index (κ1) is 9.59. The van der Waals surface area contributed by atoms with E-state index in [1.54, 1.807) is 0 Å². The molecule has 0 saturated carbocycles. The van der Waals surface area contributed by atoms with Gasteiger partial charge in [-0.1, -0.05) is 0 Å². The van der Waals surface area contributed by atoms with Gasteiger partial charge < -0.3 is 0 Å². The first-order valence-corrected chi connectivity index (χ1v) is 3.20. The Hall–Kier alpha value is -0.410. The third-order valence-corrected chi connectivity index (χ3v) is 1.17. The molecule has 0 aliphatic heterocycles. The summed E-state index contributed by atoms with van der Waals surface area (Å²) >= 11 is 9.65. The summed E-state index contributed by atoms with van der Waals surface area (Å²) in [6, 6.07) is 0. The van der Waals surface area contributed by atoms with E-state index in [0.29, 0.717) is 0 Å². The fourth-order valence-corrected chi connectivity index (χ4v) is 0.499. The zero-order valence-electron chi connectivity index (χ0n) is 4.89. The van der Waals surface area contributed by atoms with Gasteiger partial charge in [-0.05, 0) is 23.2 Å². The number of hydrogen-bond acceptors (Lipinski definition) is 3. The Balaban J connectivity index is 3.60. The van der Waals surface area contributed by atoms with Crippen LogP contribution in [0, 0.1) is 0 Å². The SMILES string of the molecule is O=C(Cl)CCC(=O)C(=O)Cl. The summed E-state index contributed by atoms with van der Waals surface area (Å²) in [6.45, 7) is 0. The summed E-state index contributed by atoms with van der Waals surface area (Å²) in [7, 11) is 0. The van der Waals surface area contributed by atoms with E-state index in [1.807, 2.05) is 0 Å². The number of ketones is 1. The monoisotopic (exact) mass is 182 g/mol. The first-order chi connectivity index (χ1) is 4.54. The molecule has 5 heteroatoms. The van der Waals surface area contributed by atoms with E-state index in [2.05, 4.69) is 0 Å². The van der Waals surface area contributed by atoms with Crippen molar-refractivity contribution in [1.29, 1.82) is 0 Å². The van der Waals surface area contributed by atoms with Crippen LogP contribution in [0.2, 0.25) is 0 Å². The number of rotatable bonds is 4. The van der Waals surface area contributed by atoms with Gasteiger partial charge in [-0.3, -0.25) is 14.4 Å². The van der Waals surface area contributed by atoms with E-state index in [1.165, 1.54) is 0 Å². The van der Waals surface area contributed by atoms with Crippen LogP contribution in [0.5, 0.6) is 0 Å². The quantitative estimate of drug-likeness (QED) is 0.479. The molecule has 0 saturated heterocycles.